The molecule has 0 N–H and O–H groups in total. The normalized spacial score (nSPS) is 9.86. The summed E-state index contributed by atoms with van der Waals surface area (Å²) in [5.74, 6) is 0. The molecule has 3 heteroatoms. The lowest BCUT2D eigenvalue weighted by Crippen LogP contribution is -3.00. The molecule has 0 unspecified atom stereocenters. The van der Waals surface area contributed by atoms with Crippen LogP contribution in [0, 0.1) is 0 Å². The first-order chi connectivity index (χ1) is 6.33. The SMILES string of the molecule is CCCCCCCn1cc[n+](C)c1.[I-]. The highest BCUT2D eigenvalue weighted by molar-refractivity contribution is 4.65. The summed E-state index contributed by atoms with van der Waals surface area (Å²) in [7, 11) is 2.06. The number of hydrogen-bond donors (Lipinski definition) is 0. The van der Waals surface area contributed by atoms with Crippen LogP contribution in [0.4, 0.5) is 0 Å². The van der Waals surface area contributed by atoms with Gasteiger partial charge in [-0.15, -0.1) is 0 Å². The number of nitrogens with zero attached hydrogens (tertiary/aromatic N) is 2. The Morgan fingerprint density at radius 2 is 1.86 bits per heavy atom. The van der Waals surface area contributed by atoms with Crippen molar-refractivity contribution in [1.29, 1.82) is 0 Å². The van der Waals surface area contributed by atoms with E-state index in [1.807, 2.05) is 0 Å². The zero-order chi connectivity index (χ0) is 9.52. The summed E-state index contributed by atoms with van der Waals surface area (Å²) >= 11 is 0. The second kappa shape index (κ2) is 8.26. The van der Waals surface area contributed by atoms with E-state index >= 15 is 0 Å². The lowest BCUT2D eigenvalue weighted by molar-refractivity contribution is -0.671. The summed E-state index contributed by atoms with van der Waals surface area (Å²) in [6.45, 7) is 3.43. The molecule has 2 nitrogen and oxygen atoms in total. The summed E-state index contributed by atoms with van der Waals surface area (Å²) < 4.78 is 4.35. The van der Waals surface area contributed by atoms with Crippen LogP contribution in [0.15, 0.2) is 18.7 Å². The standard InChI is InChI=1S/C11H21N2.HI/c1-3-4-5-6-7-8-13-10-9-12(2)11-13;/h9-11H,3-8H2,1-2H3;1H/q+1;/p-1. The molecule has 1 heterocycles. The molecule has 0 saturated heterocycles. The van der Waals surface area contributed by atoms with Crippen LogP contribution < -0.4 is 28.5 Å². The number of hydrogen-bond acceptors (Lipinski definition) is 0. The first-order valence-electron chi connectivity index (χ1n) is 5.34. The first kappa shape index (κ1) is 13.9. The van der Waals surface area contributed by atoms with Crippen LogP contribution in [0.5, 0.6) is 0 Å². The minimum absolute atomic E-state index is 0. The van der Waals surface area contributed by atoms with Gasteiger partial charge in [0.15, 0.2) is 0 Å². The topological polar surface area (TPSA) is 8.81 Å². The fourth-order valence-corrected chi connectivity index (χ4v) is 1.53. The molecule has 1 aromatic rings. The average molecular weight is 308 g/mol. The molecule has 0 bridgehead atoms. The van der Waals surface area contributed by atoms with E-state index < -0.39 is 0 Å². The predicted molar refractivity (Wildman–Crippen MR) is 54.4 cm³/mol. The molecule has 0 saturated carbocycles. The van der Waals surface area contributed by atoms with Gasteiger partial charge in [-0.1, -0.05) is 26.2 Å². The van der Waals surface area contributed by atoms with Crippen molar-refractivity contribution in [2.75, 3.05) is 0 Å². The molecule has 0 spiro atoms. The van der Waals surface area contributed by atoms with Gasteiger partial charge in [0.25, 0.3) is 0 Å². The van der Waals surface area contributed by atoms with Gasteiger partial charge in [-0.05, 0) is 12.8 Å². The lowest BCUT2D eigenvalue weighted by atomic mass is 10.1. The molecule has 0 amide bonds. The van der Waals surface area contributed by atoms with Crippen molar-refractivity contribution in [2.24, 2.45) is 7.05 Å². The molecule has 1 rings (SSSR count). The van der Waals surface area contributed by atoms with Gasteiger partial charge in [0.05, 0.1) is 13.6 Å². The van der Waals surface area contributed by atoms with Crippen molar-refractivity contribution in [2.45, 2.75) is 45.6 Å². The van der Waals surface area contributed by atoms with Gasteiger partial charge in [0, 0.05) is 0 Å². The van der Waals surface area contributed by atoms with Crippen LogP contribution in [0.1, 0.15) is 39.0 Å². The van der Waals surface area contributed by atoms with E-state index in [4.69, 9.17) is 0 Å². The molecule has 0 aliphatic heterocycles. The Labute approximate surface area is 104 Å². The summed E-state index contributed by atoms with van der Waals surface area (Å²) in [5, 5.41) is 0. The molecule has 1 aromatic heterocycles. The van der Waals surface area contributed by atoms with Gasteiger partial charge in [-0.2, -0.15) is 0 Å². The van der Waals surface area contributed by atoms with Gasteiger partial charge in [0.2, 0.25) is 6.33 Å². The minimum atomic E-state index is 0. The average Bonchev–Trinajstić information content (AvgIpc) is 2.51. The van der Waals surface area contributed by atoms with Crippen LogP contribution in [0.25, 0.3) is 0 Å². The summed E-state index contributed by atoms with van der Waals surface area (Å²) in [5.41, 5.74) is 0. The second-order valence-corrected chi connectivity index (χ2v) is 3.73. The van der Waals surface area contributed by atoms with E-state index in [2.05, 4.69) is 41.8 Å². The maximum atomic E-state index is 2.26. The van der Waals surface area contributed by atoms with Crippen LogP contribution in [0.2, 0.25) is 0 Å². The van der Waals surface area contributed by atoms with Crippen molar-refractivity contribution < 1.29 is 28.5 Å². The highest BCUT2D eigenvalue weighted by Crippen LogP contribution is 2.03. The Morgan fingerprint density at radius 1 is 1.14 bits per heavy atom. The van der Waals surface area contributed by atoms with Gasteiger partial charge >= 0.3 is 0 Å². The maximum Gasteiger partial charge on any atom is 0.243 e. The van der Waals surface area contributed by atoms with Crippen molar-refractivity contribution in [3.8, 4) is 0 Å². The smallest absolute Gasteiger partial charge is 0.243 e. The molecular weight excluding hydrogens is 287 g/mol. The molecule has 82 valence electrons. The van der Waals surface area contributed by atoms with Gasteiger partial charge < -0.3 is 24.0 Å². The number of halogens is 1. The van der Waals surface area contributed by atoms with Crippen molar-refractivity contribution in [1.82, 2.24) is 4.57 Å². The molecular formula is C11H21IN2. The van der Waals surface area contributed by atoms with Gasteiger partial charge in [0.1, 0.15) is 12.4 Å². The molecule has 0 aliphatic carbocycles. The Bertz CT molecular complexity index is 233. The number of rotatable bonds is 6. The van der Waals surface area contributed by atoms with E-state index in [0.717, 1.165) is 0 Å². The third-order valence-corrected chi connectivity index (χ3v) is 2.34. The number of unbranched alkanes of at least 4 members (excludes halogenated alkanes) is 4. The zero-order valence-corrected chi connectivity index (χ0v) is 11.4. The first-order valence-corrected chi connectivity index (χ1v) is 5.34. The van der Waals surface area contributed by atoms with Crippen molar-refractivity contribution in [3.63, 3.8) is 0 Å². The van der Waals surface area contributed by atoms with Crippen LogP contribution >= 0.6 is 0 Å². The number of aromatic nitrogens is 2. The van der Waals surface area contributed by atoms with E-state index in [0.29, 0.717) is 0 Å². The quantitative estimate of drug-likeness (QED) is 0.373. The largest absolute Gasteiger partial charge is 1.00 e. The fourth-order valence-electron chi connectivity index (χ4n) is 1.53. The van der Waals surface area contributed by atoms with E-state index in [1.165, 1.54) is 38.6 Å². The Balaban J connectivity index is 0.00000169. The Kier molecular flexibility index (Phi) is 8.23. The van der Waals surface area contributed by atoms with E-state index in [-0.39, 0.29) is 24.0 Å². The monoisotopic (exact) mass is 308 g/mol. The second-order valence-electron chi connectivity index (χ2n) is 3.73. The van der Waals surface area contributed by atoms with Gasteiger partial charge in [-0.25, -0.2) is 9.13 Å². The molecule has 0 fully saturated rings. The molecule has 0 aromatic carbocycles. The zero-order valence-electron chi connectivity index (χ0n) is 9.25. The van der Waals surface area contributed by atoms with E-state index in [1.54, 1.807) is 0 Å². The fraction of sp³-hybridized carbons (Fsp3) is 0.727. The molecule has 0 radical (unpaired) electrons. The summed E-state index contributed by atoms with van der Waals surface area (Å²) in [4.78, 5) is 0. The number of aryl methyl sites for hydroxylation is 2. The van der Waals surface area contributed by atoms with Crippen molar-refractivity contribution >= 4 is 0 Å². The summed E-state index contributed by atoms with van der Waals surface area (Å²) in [6, 6.07) is 0. The Morgan fingerprint density at radius 3 is 2.43 bits per heavy atom. The maximum absolute atomic E-state index is 2.26. The third kappa shape index (κ3) is 5.62. The van der Waals surface area contributed by atoms with E-state index in [9.17, 15) is 0 Å². The van der Waals surface area contributed by atoms with Crippen LogP contribution in [-0.2, 0) is 13.6 Å². The van der Waals surface area contributed by atoms with Gasteiger partial charge in [-0.3, -0.25) is 0 Å². The van der Waals surface area contributed by atoms with Crippen molar-refractivity contribution in [3.05, 3.63) is 18.7 Å². The number of imidazole rings is 1. The van der Waals surface area contributed by atoms with Crippen LogP contribution in [0.3, 0.4) is 0 Å². The molecule has 0 atom stereocenters. The predicted octanol–water partition coefficient (Wildman–Crippen LogP) is -0.713. The minimum Gasteiger partial charge on any atom is -1.00 e. The highest BCUT2D eigenvalue weighted by Gasteiger charge is 1.98. The molecule has 0 aliphatic rings. The lowest BCUT2D eigenvalue weighted by Gasteiger charge is -1.97. The van der Waals surface area contributed by atoms with Crippen LogP contribution in [-0.4, -0.2) is 4.57 Å². The third-order valence-electron chi connectivity index (χ3n) is 2.34. The molecule has 14 heavy (non-hydrogen) atoms. The summed E-state index contributed by atoms with van der Waals surface area (Å²) in [6.07, 6.45) is 13.2. The highest BCUT2D eigenvalue weighted by atomic mass is 127. The Hall–Kier alpha value is -0.0600.